The summed E-state index contributed by atoms with van der Waals surface area (Å²) in [5, 5.41) is 9.81. The summed E-state index contributed by atoms with van der Waals surface area (Å²) >= 11 is 0. The average molecular weight is 247 g/mol. The lowest BCUT2D eigenvalue weighted by Crippen LogP contribution is -2.28. The molecule has 0 saturated heterocycles. The molecule has 1 rings (SSSR count). The molecule has 96 valence electrons. The van der Waals surface area contributed by atoms with Gasteiger partial charge < -0.3 is 5.11 Å². The van der Waals surface area contributed by atoms with Crippen LogP contribution >= 0.6 is 0 Å². The lowest BCUT2D eigenvalue weighted by atomic mass is 9.86. The van der Waals surface area contributed by atoms with Crippen LogP contribution in [0.15, 0.2) is 18.3 Å². The normalized spacial score (nSPS) is 14.8. The van der Waals surface area contributed by atoms with E-state index in [1.165, 1.54) is 6.07 Å². The SMILES string of the molecule is CC(C)(C)C(O)Cc1ccc(C(F)(F)F)cn1. The van der Waals surface area contributed by atoms with Crippen molar-refractivity contribution in [1.82, 2.24) is 4.98 Å². The number of rotatable bonds is 2. The molecule has 0 radical (unpaired) electrons. The van der Waals surface area contributed by atoms with Crippen LogP contribution in [0.25, 0.3) is 0 Å². The average Bonchev–Trinajstić information content (AvgIpc) is 2.15. The van der Waals surface area contributed by atoms with E-state index in [1.54, 1.807) is 0 Å². The van der Waals surface area contributed by atoms with Gasteiger partial charge in [0.05, 0.1) is 11.7 Å². The Morgan fingerprint density at radius 1 is 1.24 bits per heavy atom. The number of alkyl halides is 3. The first-order valence-electron chi connectivity index (χ1n) is 5.31. The second-order valence-corrected chi connectivity index (χ2v) is 5.12. The second-order valence-electron chi connectivity index (χ2n) is 5.12. The molecule has 0 fully saturated rings. The van der Waals surface area contributed by atoms with Gasteiger partial charge >= 0.3 is 6.18 Å². The number of pyridine rings is 1. The third-order valence-electron chi connectivity index (χ3n) is 2.55. The molecule has 0 aliphatic rings. The minimum atomic E-state index is -4.37. The molecule has 0 aliphatic heterocycles. The molecular formula is C12H16F3NO. The number of hydrogen-bond donors (Lipinski definition) is 1. The van der Waals surface area contributed by atoms with Gasteiger partial charge in [-0.1, -0.05) is 20.8 Å². The van der Waals surface area contributed by atoms with Crippen LogP contribution in [0.4, 0.5) is 13.2 Å². The van der Waals surface area contributed by atoms with E-state index in [1.807, 2.05) is 20.8 Å². The highest BCUT2D eigenvalue weighted by molar-refractivity contribution is 5.17. The molecule has 1 aromatic heterocycles. The summed E-state index contributed by atoms with van der Waals surface area (Å²) in [4.78, 5) is 3.72. The lowest BCUT2D eigenvalue weighted by Gasteiger charge is -2.25. The van der Waals surface area contributed by atoms with Crippen molar-refractivity contribution in [2.75, 3.05) is 0 Å². The van der Waals surface area contributed by atoms with Crippen LogP contribution in [0.1, 0.15) is 32.0 Å². The number of aliphatic hydroxyl groups excluding tert-OH is 1. The summed E-state index contributed by atoms with van der Waals surface area (Å²) in [6.07, 6.45) is -3.95. The van der Waals surface area contributed by atoms with Gasteiger partial charge in [0, 0.05) is 18.3 Å². The highest BCUT2D eigenvalue weighted by atomic mass is 19.4. The van der Waals surface area contributed by atoms with E-state index < -0.39 is 17.8 Å². The van der Waals surface area contributed by atoms with E-state index in [2.05, 4.69) is 4.98 Å². The number of halogens is 3. The standard InChI is InChI=1S/C12H16F3NO/c1-11(2,3)10(17)6-9-5-4-8(7-16-9)12(13,14)15/h4-5,7,10,17H,6H2,1-3H3. The van der Waals surface area contributed by atoms with Gasteiger partial charge in [-0.25, -0.2) is 0 Å². The van der Waals surface area contributed by atoms with Crippen molar-refractivity contribution in [3.8, 4) is 0 Å². The second kappa shape index (κ2) is 4.64. The maximum Gasteiger partial charge on any atom is 0.417 e. The zero-order valence-corrected chi connectivity index (χ0v) is 10.0. The molecular weight excluding hydrogens is 231 g/mol. The van der Waals surface area contributed by atoms with Crippen LogP contribution < -0.4 is 0 Å². The molecule has 1 atom stereocenters. The molecule has 0 amide bonds. The van der Waals surface area contributed by atoms with Crippen LogP contribution in [0.3, 0.4) is 0 Å². The minimum Gasteiger partial charge on any atom is -0.392 e. The van der Waals surface area contributed by atoms with Crippen LogP contribution in [0, 0.1) is 5.41 Å². The minimum absolute atomic E-state index is 0.252. The fourth-order valence-electron chi connectivity index (χ4n) is 1.22. The molecule has 5 heteroatoms. The summed E-state index contributed by atoms with van der Waals surface area (Å²) < 4.78 is 36.8. The highest BCUT2D eigenvalue weighted by Crippen LogP contribution is 2.29. The summed E-state index contributed by atoms with van der Waals surface area (Å²) in [6, 6.07) is 2.29. The fraction of sp³-hybridized carbons (Fsp3) is 0.583. The Morgan fingerprint density at radius 2 is 1.82 bits per heavy atom. The number of nitrogens with zero attached hydrogens (tertiary/aromatic N) is 1. The monoisotopic (exact) mass is 247 g/mol. The number of aliphatic hydroxyl groups is 1. The van der Waals surface area contributed by atoms with Gasteiger partial charge in [-0.3, -0.25) is 4.98 Å². The Labute approximate surface area is 98.5 Å². The van der Waals surface area contributed by atoms with Crippen molar-refractivity contribution in [1.29, 1.82) is 0 Å². The molecule has 1 N–H and O–H groups in total. The van der Waals surface area contributed by atoms with Crippen molar-refractivity contribution >= 4 is 0 Å². The third kappa shape index (κ3) is 4.00. The molecule has 1 aromatic rings. The summed E-state index contributed by atoms with van der Waals surface area (Å²) in [5.74, 6) is 0. The zero-order chi connectivity index (χ0) is 13.3. The number of aromatic nitrogens is 1. The first-order chi connectivity index (χ1) is 7.60. The number of hydrogen-bond acceptors (Lipinski definition) is 2. The largest absolute Gasteiger partial charge is 0.417 e. The first kappa shape index (κ1) is 14.0. The van der Waals surface area contributed by atoms with E-state index in [0.29, 0.717) is 5.69 Å². The van der Waals surface area contributed by atoms with Gasteiger partial charge in [0.1, 0.15) is 0 Å². The van der Waals surface area contributed by atoms with Gasteiger partial charge in [-0.2, -0.15) is 13.2 Å². The fourth-order valence-corrected chi connectivity index (χ4v) is 1.22. The predicted octanol–water partition coefficient (Wildman–Crippen LogP) is 3.05. The van der Waals surface area contributed by atoms with E-state index in [9.17, 15) is 18.3 Å². The molecule has 2 nitrogen and oxygen atoms in total. The molecule has 0 spiro atoms. The Hall–Kier alpha value is -1.10. The van der Waals surface area contributed by atoms with Gasteiger partial charge in [0.2, 0.25) is 0 Å². The van der Waals surface area contributed by atoms with Gasteiger partial charge in [0.15, 0.2) is 0 Å². The Balaban J connectivity index is 2.76. The van der Waals surface area contributed by atoms with Crippen LogP contribution in [-0.4, -0.2) is 16.2 Å². The van der Waals surface area contributed by atoms with Gasteiger partial charge in [-0.05, 0) is 17.5 Å². The zero-order valence-electron chi connectivity index (χ0n) is 10.0. The molecule has 1 heterocycles. The van der Waals surface area contributed by atoms with Crippen molar-refractivity contribution in [2.24, 2.45) is 5.41 Å². The van der Waals surface area contributed by atoms with E-state index >= 15 is 0 Å². The van der Waals surface area contributed by atoms with E-state index in [4.69, 9.17) is 0 Å². The first-order valence-corrected chi connectivity index (χ1v) is 5.31. The van der Waals surface area contributed by atoms with Crippen LogP contribution in [0.2, 0.25) is 0 Å². The topological polar surface area (TPSA) is 33.1 Å². The van der Waals surface area contributed by atoms with Crippen molar-refractivity contribution in [3.05, 3.63) is 29.6 Å². The Bertz CT molecular complexity index is 365. The highest BCUT2D eigenvalue weighted by Gasteiger charge is 2.31. The Morgan fingerprint density at radius 3 is 2.18 bits per heavy atom. The van der Waals surface area contributed by atoms with Gasteiger partial charge in [0.25, 0.3) is 0 Å². The van der Waals surface area contributed by atoms with E-state index in [-0.39, 0.29) is 11.8 Å². The molecule has 0 bridgehead atoms. The molecule has 1 unspecified atom stereocenters. The molecule has 17 heavy (non-hydrogen) atoms. The molecule has 0 aromatic carbocycles. The molecule has 0 aliphatic carbocycles. The maximum atomic E-state index is 12.3. The van der Waals surface area contributed by atoms with Crippen molar-refractivity contribution < 1.29 is 18.3 Å². The maximum absolute atomic E-state index is 12.3. The van der Waals surface area contributed by atoms with Crippen molar-refractivity contribution in [2.45, 2.75) is 39.5 Å². The molecule has 0 saturated carbocycles. The summed E-state index contributed by atoms with van der Waals surface area (Å²) in [5.41, 5.74) is -0.628. The quantitative estimate of drug-likeness (QED) is 0.871. The lowest BCUT2D eigenvalue weighted by molar-refractivity contribution is -0.137. The van der Waals surface area contributed by atoms with Crippen LogP contribution in [0.5, 0.6) is 0 Å². The van der Waals surface area contributed by atoms with Gasteiger partial charge in [-0.15, -0.1) is 0 Å². The Kier molecular flexibility index (Phi) is 3.81. The van der Waals surface area contributed by atoms with E-state index in [0.717, 1.165) is 12.3 Å². The van der Waals surface area contributed by atoms with Crippen LogP contribution in [-0.2, 0) is 12.6 Å². The third-order valence-corrected chi connectivity index (χ3v) is 2.55. The van der Waals surface area contributed by atoms with Crippen molar-refractivity contribution in [3.63, 3.8) is 0 Å². The smallest absolute Gasteiger partial charge is 0.392 e. The predicted molar refractivity (Wildman–Crippen MR) is 58.4 cm³/mol. The summed E-state index contributed by atoms with van der Waals surface area (Å²) in [7, 11) is 0. The summed E-state index contributed by atoms with van der Waals surface area (Å²) in [6.45, 7) is 5.59.